The van der Waals surface area contributed by atoms with E-state index >= 15 is 0 Å². The highest BCUT2D eigenvalue weighted by molar-refractivity contribution is 5.97. The topological polar surface area (TPSA) is 94.9 Å². The summed E-state index contributed by atoms with van der Waals surface area (Å²) in [6.07, 6.45) is 0.0803. The molecule has 0 aliphatic carbocycles. The summed E-state index contributed by atoms with van der Waals surface area (Å²) in [7, 11) is 0. The third-order valence-corrected chi connectivity index (χ3v) is 3.18. The van der Waals surface area contributed by atoms with Crippen molar-refractivity contribution < 1.29 is 24.6 Å². The Morgan fingerprint density at radius 2 is 1.82 bits per heavy atom. The minimum atomic E-state index is -1.09. The number of hydrogen-bond acceptors (Lipinski definition) is 3. The zero-order valence-electron chi connectivity index (χ0n) is 13.0. The second kappa shape index (κ2) is 7.59. The molecule has 0 aliphatic heterocycles. The molecular formula is C16H21NO5. The van der Waals surface area contributed by atoms with Gasteiger partial charge in [-0.25, -0.2) is 4.79 Å². The van der Waals surface area contributed by atoms with E-state index in [4.69, 9.17) is 10.2 Å². The van der Waals surface area contributed by atoms with E-state index in [0.717, 1.165) is 5.56 Å². The molecule has 0 aromatic heterocycles. The maximum absolute atomic E-state index is 12.4. The van der Waals surface area contributed by atoms with Crippen molar-refractivity contribution in [2.45, 2.75) is 33.6 Å². The van der Waals surface area contributed by atoms with Gasteiger partial charge in [0.25, 0.3) is 0 Å². The van der Waals surface area contributed by atoms with E-state index in [1.54, 1.807) is 13.0 Å². The average molecular weight is 307 g/mol. The molecule has 0 atom stereocenters. The first-order chi connectivity index (χ1) is 10.2. The molecule has 0 spiro atoms. The van der Waals surface area contributed by atoms with E-state index in [0.29, 0.717) is 5.69 Å². The van der Waals surface area contributed by atoms with Crippen LogP contribution >= 0.6 is 0 Å². The lowest BCUT2D eigenvalue weighted by Crippen LogP contribution is -2.34. The molecule has 0 bridgehead atoms. The van der Waals surface area contributed by atoms with Gasteiger partial charge in [-0.05, 0) is 30.5 Å². The molecule has 120 valence electrons. The van der Waals surface area contributed by atoms with Gasteiger partial charge < -0.3 is 15.1 Å². The molecule has 1 amide bonds. The Morgan fingerprint density at radius 1 is 1.18 bits per heavy atom. The smallest absolute Gasteiger partial charge is 0.335 e. The van der Waals surface area contributed by atoms with Gasteiger partial charge in [0.1, 0.15) is 0 Å². The van der Waals surface area contributed by atoms with E-state index in [1.807, 2.05) is 13.8 Å². The van der Waals surface area contributed by atoms with Gasteiger partial charge in [-0.3, -0.25) is 9.59 Å². The van der Waals surface area contributed by atoms with Gasteiger partial charge in [0.2, 0.25) is 5.91 Å². The molecule has 0 radical (unpaired) electrons. The number of hydrogen-bond donors (Lipinski definition) is 2. The quantitative estimate of drug-likeness (QED) is 0.807. The molecule has 1 aromatic carbocycles. The lowest BCUT2D eigenvalue weighted by atomic mass is 10.1. The molecule has 0 unspecified atom stereocenters. The fourth-order valence-corrected chi connectivity index (χ4v) is 2.08. The van der Waals surface area contributed by atoms with Crippen molar-refractivity contribution in [3.63, 3.8) is 0 Å². The number of carbonyl (C=O) groups is 3. The number of amides is 1. The molecule has 1 aromatic rings. The summed E-state index contributed by atoms with van der Waals surface area (Å²) in [6, 6.07) is 4.50. The molecule has 2 N–H and O–H groups in total. The van der Waals surface area contributed by atoms with Crippen LogP contribution in [0.3, 0.4) is 0 Å². The summed E-state index contributed by atoms with van der Waals surface area (Å²) in [5.74, 6) is -2.17. The van der Waals surface area contributed by atoms with E-state index in [2.05, 4.69) is 0 Å². The van der Waals surface area contributed by atoms with Gasteiger partial charge in [0.15, 0.2) is 0 Å². The van der Waals surface area contributed by atoms with Crippen molar-refractivity contribution >= 4 is 23.5 Å². The van der Waals surface area contributed by atoms with Crippen LogP contribution < -0.4 is 4.90 Å². The zero-order chi connectivity index (χ0) is 16.9. The van der Waals surface area contributed by atoms with Crippen LogP contribution in [0.25, 0.3) is 0 Å². The lowest BCUT2D eigenvalue weighted by molar-refractivity contribution is -0.136. The first kappa shape index (κ1) is 17.7. The summed E-state index contributed by atoms with van der Waals surface area (Å²) in [6.45, 7) is 5.57. The highest BCUT2D eigenvalue weighted by Gasteiger charge is 2.20. The summed E-state index contributed by atoms with van der Waals surface area (Å²) in [4.78, 5) is 35.7. The summed E-state index contributed by atoms with van der Waals surface area (Å²) < 4.78 is 0. The Balaban J connectivity index is 3.18. The average Bonchev–Trinajstić information content (AvgIpc) is 2.39. The highest BCUT2D eigenvalue weighted by Crippen LogP contribution is 2.24. The van der Waals surface area contributed by atoms with Gasteiger partial charge in [0, 0.05) is 18.7 Å². The van der Waals surface area contributed by atoms with Crippen LogP contribution in [0.4, 0.5) is 5.69 Å². The number of aryl methyl sites for hydroxylation is 1. The molecule has 0 fully saturated rings. The van der Waals surface area contributed by atoms with Crippen molar-refractivity contribution in [2.75, 3.05) is 11.4 Å². The molecule has 6 heteroatoms. The van der Waals surface area contributed by atoms with Gasteiger partial charge in [-0.15, -0.1) is 0 Å². The number of carbonyl (C=O) groups excluding carboxylic acids is 1. The van der Waals surface area contributed by atoms with Crippen molar-refractivity contribution in [1.82, 2.24) is 0 Å². The number of nitrogens with zero attached hydrogens (tertiary/aromatic N) is 1. The van der Waals surface area contributed by atoms with Crippen molar-refractivity contribution in [1.29, 1.82) is 0 Å². The second-order valence-electron chi connectivity index (χ2n) is 5.59. The third kappa shape index (κ3) is 4.87. The van der Waals surface area contributed by atoms with Gasteiger partial charge in [-0.1, -0.05) is 19.9 Å². The summed E-state index contributed by atoms with van der Waals surface area (Å²) >= 11 is 0. The predicted octanol–water partition coefficient (Wildman–Crippen LogP) is 2.55. The fourth-order valence-electron chi connectivity index (χ4n) is 2.08. The Morgan fingerprint density at radius 3 is 2.32 bits per heavy atom. The second-order valence-corrected chi connectivity index (χ2v) is 5.59. The normalized spacial score (nSPS) is 10.5. The Bertz CT molecular complexity index is 580. The summed E-state index contributed by atoms with van der Waals surface area (Å²) in [5.41, 5.74) is 1.25. The molecule has 22 heavy (non-hydrogen) atoms. The highest BCUT2D eigenvalue weighted by atomic mass is 16.4. The summed E-state index contributed by atoms with van der Waals surface area (Å²) in [5, 5.41) is 17.9. The van der Waals surface area contributed by atoms with Crippen LogP contribution in [0.15, 0.2) is 18.2 Å². The molecule has 0 aliphatic rings. The molecular weight excluding hydrogens is 286 g/mol. The SMILES string of the molecule is Cc1ccc(C(=O)O)cc1N(CCC(=O)O)C(=O)CC(C)C. The molecule has 1 rings (SSSR count). The van der Waals surface area contributed by atoms with E-state index in [9.17, 15) is 14.4 Å². The zero-order valence-corrected chi connectivity index (χ0v) is 13.0. The van der Waals surface area contributed by atoms with Crippen molar-refractivity contribution in [2.24, 2.45) is 5.92 Å². The third-order valence-electron chi connectivity index (χ3n) is 3.18. The first-order valence-corrected chi connectivity index (χ1v) is 7.08. The number of carboxylic acid groups (broad SMARTS) is 2. The van der Waals surface area contributed by atoms with Crippen LogP contribution in [-0.2, 0) is 9.59 Å². The van der Waals surface area contributed by atoms with E-state index in [1.165, 1.54) is 17.0 Å². The molecule has 6 nitrogen and oxygen atoms in total. The molecule has 0 heterocycles. The van der Waals surface area contributed by atoms with Crippen LogP contribution in [0.5, 0.6) is 0 Å². The standard InChI is InChI=1S/C16H21NO5/c1-10(2)8-14(18)17(7-6-15(19)20)13-9-12(16(21)22)5-4-11(13)3/h4-5,9-10H,6-8H2,1-3H3,(H,19,20)(H,21,22). The molecule has 0 saturated heterocycles. The number of carboxylic acids is 2. The van der Waals surface area contributed by atoms with Crippen molar-refractivity contribution in [3.8, 4) is 0 Å². The minimum Gasteiger partial charge on any atom is -0.481 e. The van der Waals surface area contributed by atoms with Gasteiger partial charge in [0.05, 0.1) is 12.0 Å². The van der Waals surface area contributed by atoms with Gasteiger partial charge in [-0.2, -0.15) is 0 Å². The maximum atomic E-state index is 12.4. The van der Waals surface area contributed by atoms with E-state index in [-0.39, 0.29) is 36.8 Å². The Labute approximate surface area is 129 Å². The first-order valence-electron chi connectivity index (χ1n) is 7.08. The molecule has 0 saturated carbocycles. The van der Waals surface area contributed by atoms with Crippen molar-refractivity contribution in [3.05, 3.63) is 29.3 Å². The fraction of sp³-hybridized carbons (Fsp3) is 0.438. The van der Waals surface area contributed by atoms with Gasteiger partial charge >= 0.3 is 11.9 Å². The number of anilines is 1. The van der Waals surface area contributed by atoms with Crippen LogP contribution in [0.1, 0.15) is 42.6 Å². The lowest BCUT2D eigenvalue weighted by Gasteiger charge is -2.25. The Kier molecular flexibility index (Phi) is 6.10. The number of aliphatic carboxylic acids is 1. The number of rotatable bonds is 7. The monoisotopic (exact) mass is 307 g/mol. The maximum Gasteiger partial charge on any atom is 0.335 e. The van der Waals surface area contributed by atoms with Crippen LogP contribution in [0.2, 0.25) is 0 Å². The number of benzene rings is 1. The Hall–Kier alpha value is -2.37. The van der Waals surface area contributed by atoms with Crippen LogP contribution in [-0.4, -0.2) is 34.6 Å². The largest absolute Gasteiger partial charge is 0.481 e. The predicted molar refractivity (Wildman–Crippen MR) is 82.2 cm³/mol. The minimum absolute atomic E-state index is 0.0186. The van der Waals surface area contributed by atoms with E-state index < -0.39 is 11.9 Å². The van der Waals surface area contributed by atoms with Crippen LogP contribution in [0, 0.1) is 12.8 Å². The number of aromatic carboxylic acids is 1.